The second-order valence-corrected chi connectivity index (χ2v) is 8.02. The Morgan fingerprint density at radius 1 is 1.06 bits per heavy atom. The van der Waals surface area contributed by atoms with Gasteiger partial charge in [0.1, 0.15) is 11.6 Å². The molecule has 1 aliphatic rings. The number of hydrogen-bond donors (Lipinski definition) is 3. The number of morpholine rings is 1. The molecule has 1 aliphatic heterocycles. The summed E-state index contributed by atoms with van der Waals surface area (Å²) in [6.45, 7) is 2.22. The Morgan fingerprint density at radius 3 is 2.57 bits per heavy atom. The van der Waals surface area contributed by atoms with Crippen LogP contribution in [0.4, 0.5) is 23.3 Å². The van der Waals surface area contributed by atoms with Gasteiger partial charge in [0.2, 0.25) is 11.8 Å². The molecule has 0 atom stereocenters. The molecular formula is C24H23N7O4. The summed E-state index contributed by atoms with van der Waals surface area (Å²) in [5, 5.41) is 16.8. The van der Waals surface area contributed by atoms with E-state index in [0.29, 0.717) is 60.0 Å². The van der Waals surface area contributed by atoms with Gasteiger partial charge in [-0.1, -0.05) is 0 Å². The lowest BCUT2D eigenvalue weighted by Gasteiger charge is -2.26. The van der Waals surface area contributed by atoms with Crippen LogP contribution in [0.15, 0.2) is 59.7 Å². The lowest BCUT2D eigenvalue weighted by atomic mass is 10.1. The molecule has 11 heteroatoms. The first-order valence-electron chi connectivity index (χ1n) is 11.0. The molecule has 0 radical (unpaired) electrons. The van der Waals surface area contributed by atoms with Gasteiger partial charge in [-0.15, -0.1) is 0 Å². The summed E-state index contributed by atoms with van der Waals surface area (Å²) in [7, 11) is 1.67. The largest absolute Gasteiger partial charge is 0.493 e. The van der Waals surface area contributed by atoms with E-state index >= 15 is 0 Å². The molecule has 4 aromatic rings. The predicted molar refractivity (Wildman–Crippen MR) is 130 cm³/mol. The summed E-state index contributed by atoms with van der Waals surface area (Å²) in [5.74, 6) is 0.658. The highest BCUT2D eigenvalue weighted by atomic mass is 16.5. The Bertz CT molecular complexity index is 1450. The fourth-order valence-corrected chi connectivity index (χ4v) is 3.82. The summed E-state index contributed by atoms with van der Waals surface area (Å²) in [6, 6.07) is 11.9. The number of ether oxygens (including phenoxy) is 1. The van der Waals surface area contributed by atoms with E-state index in [2.05, 4.69) is 25.6 Å². The van der Waals surface area contributed by atoms with E-state index < -0.39 is 0 Å². The maximum Gasteiger partial charge on any atom is 0.261 e. The van der Waals surface area contributed by atoms with Crippen LogP contribution in [0.1, 0.15) is 10.4 Å². The number of amides is 1. The van der Waals surface area contributed by atoms with Crippen molar-refractivity contribution in [1.82, 2.24) is 24.4 Å². The number of carbonyl (C=O) groups is 1. The molecule has 1 saturated heterocycles. The van der Waals surface area contributed by atoms with Gasteiger partial charge in [0.05, 0.1) is 18.6 Å². The van der Waals surface area contributed by atoms with Gasteiger partial charge in [0.15, 0.2) is 0 Å². The van der Waals surface area contributed by atoms with Crippen molar-refractivity contribution in [2.24, 2.45) is 7.05 Å². The van der Waals surface area contributed by atoms with E-state index in [9.17, 15) is 14.7 Å². The molecule has 1 aromatic carbocycles. The van der Waals surface area contributed by atoms with Crippen LogP contribution in [0, 0.1) is 0 Å². The number of nitrogens with zero attached hydrogens (tertiary/aromatic N) is 5. The van der Waals surface area contributed by atoms with E-state index in [1.165, 1.54) is 16.8 Å². The van der Waals surface area contributed by atoms with Crippen molar-refractivity contribution < 1.29 is 14.6 Å². The fourth-order valence-electron chi connectivity index (χ4n) is 3.82. The first kappa shape index (κ1) is 22.3. The van der Waals surface area contributed by atoms with Crippen LogP contribution >= 0.6 is 0 Å². The van der Waals surface area contributed by atoms with Gasteiger partial charge in [-0.3, -0.25) is 9.59 Å². The van der Waals surface area contributed by atoms with Crippen molar-refractivity contribution >= 4 is 40.0 Å². The van der Waals surface area contributed by atoms with Crippen molar-refractivity contribution in [3.05, 3.63) is 70.8 Å². The molecule has 0 unspecified atom stereocenters. The predicted octanol–water partition coefficient (Wildman–Crippen LogP) is 2.39. The van der Waals surface area contributed by atoms with Gasteiger partial charge < -0.3 is 29.9 Å². The van der Waals surface area contributed by atoms with Crippen LogP contribution in [0.3, 0.4) is 0 Å². The molecule has 0 aliphatic carbocycles. The standard InChI is InChI=1S/C24H23N7O4/c1-30-9-7-16-14-18(28-24-25-8-6-19(32)29-24)27-21(20(16)23(30)34)26-17-4-2-15(3-5-17)22(33)31-10-12-35-13-11-31/h2-9,14H,10-13H2,1H3,(H3,25,26,27,28,29,32). The van der Waals surface area contributed by atoms with Crippen molar-refractivity contribution in [2.75, 3.05) is 36.9 Å². The van der Waals surface area contributed by atoms with Crippen LogP contribution < -0.4 is 16.2 Å². The highest BCUT2D eigenvalue weighted by molar-refractivity contribution is 5.96. The van der Waals surface area contributed by atoms with Crippen LogP contribution in [0.25, 0.3) is 10.8 Å². The first-order valence-corrected chi connectivity index (χ1v) is 11.0. The van der Waals surface area contributed by atoms with Crippen molar-refractivity contribution in [1.29, 1.82) is 0 Å². The molecule has 0 spiro atoms. The second kappa shape index (κ2) is 9.39. The molecule has 178 valence electrons. The van der Waals surface area contributed by atoms with Crippen molar-refractivity contribution in [3.63, 3.8) is 0 Å². The number of pyridine rings is 2. The molecule has 5 rings (SSSR count). The first-order chi connectivity index (χ1) is 17.0. The van der Waals surface area contributed by atoms with Crippen LogP contribution in [-0.4, -0.2) is 61.7 Å². The zero-order chi connectivity index (χ0) is 24.4. The molecule has 0 bridgehead atoms. The van der Waals surface area contributed by atoms with Crippen LogP contribution in [-0.2, 0) is 11.8 Å². The number of benzene rings is 1. The Labute approximate surface area is 200 Å². The number of aromatic hydroxyl groups is 1. The van der Waals surface area contributed by atoms with E-state index in [1.54, 1.807) is 48.5 Å². The van der Waals surface area contributed by atoms with E-state index in [0.717, 1.165) is 0 Å². The Hall–Kier alpha value is -4.51. The van der Waals surface area contributed by atoms with Gasteiger partial charge in [-0.2, -0.15) is 4.98 Å². The number of carbonyl (C=O) groups excluding carboxylic acids is 1. The third-order valence-corrected chi connectivity index (χ3v) is 5.64. The zero-order valence-corrected chi connectivity index (χ0v) is 18.9. The Morgan fingerprint density at radius 2 is 1.83 bits per heavy atom. The summed E-state index contributed by atoms with van der Waals surface area (Å²) in [4.78, 5) is 40.0. The quantitative estimate of drug-likeness (QED) is 0.399. The zero-order valence-electron chi connectivity index (χ0n) is 18.9. The minimum absolute atomic E-state index is 0.0467. The number of aromatic nitrogens is 4. The number of fused-ring (bicyclic) bond motifs is 1. The molecule has 3 aromatic heterocycles. The maximum atomic E-state index is 12.9. The van der Waals surface area contributed by atoms with Gasteiger partial charge in [-0.25, -0.2) is 9.97 Å². The lowest BCUT2D eigenvalue weighted by Crippen LogP contribution is -2.40. The van der Waals surface area contributed by atoms with E-state index in [-0.39, 0.29) is 23.3 Å². The number of anilines is 4. The normalized spacial score (nSPS) is 13.6. The smallest absolute Gasteiger partial charge is 0.261 e. The summed E-state index contributed by atoms with van der Waals surface area (Å²) >= 11 is 0. The average Bonchev–Trinajstić information content (AvgIpc) is 2.87. The fraction of sp³-hybridized carbons (Fsp3) is 0.208. The second-order valence-electron chi connectivity index (χ2n) is 8.02. The lowest BCUT2D eigenvalue weighted by molar-refractivity contribution is 0.0303. The number of aryl methyl sites for hydroxylation is 1. The van der Waals surface area contributed by atoms with E-state index in [1.807, 2.05) is 6.07 Å². The highest BCUT2D eigenvalue weighted by Crippen LogP contribution is 2.26. The third-order valence-electron chi connectivity index (χ3n) is 5.64. The molecular weight excluding hydrogens is 450 g/mol. The minimum Gasteiger partial charge on any atom is -0.493 e. The highest BCUT2D eigenvalue weighted by Gasteiger charge is 2.18. The average molecular weight is 473 g/mol. The monoisotopic (exact) mass is 473 g/mol. The molecule has 3 N–H and O–H groups in total. The van der Waals surface area contributed by atoms with Gasteiger partial charge >= 0.3 is 0 Å². The molecule has 0 saturated carbocycles. The molecule has 1 amide bonds. The SMILES string of the molecule is Cn1ccc2cc(Nc3nccc(O)n3)nc(Nc3ccc(C(=O)N4CCOCC4)cc3)c2c1=O. The van der Waals surface area contributed by atoms with Crippen molar-refractivity contribution in [3.8, 4) is 5.88 Å². The summed E-state index contributed by atoms with van der Waals surface area (Å²) in [6.07, 6.45) is 3.09. The van der Waals surface area contributed by atoms with Gasteiger partial charge in [-0.05, 0) is 41.8 Å². The van der Waals surface area contributed by atoms with Gasteiger partial charge in [0, 0.05) is 49.8 Å². The molecule has 1 fully saturated rings. The van der Waals surface area contributed by atoms with Crippen LogP contribution in [0.2, 0.25) is 0 Å². The third kappa shape index (κ3) is 4.75. The van der Waals surface area contributed by atoms with Crippen LogP contribution in [0.5, 0.6) is 5.88 Å². The Balaban J connectivity index is 1.47. The van der Waals surface area contributed by atoms with E-state index in [4.69, 9.17) is 4.74 Å². The maximum absolute atomic E-state index is 12.9. The number of rotatable bonds is 5. The number of hydrogen-bond acceptors (Lipinski definition) is 9. The summed E-state index contributed by atoms with van der Waals surface area (Å²) < 4.78 is 6.79. The molecule has 11 nitrogen and oxygen atoms in total. The topological polar surface area (TPSA) is 134 Å². The number of nitrogens with one attached hydrogen (secondary N) is 2. The Kier molecular flexibility index (Phi) is 5.98. The molecule has 4 heterocycles. The van der Waals surface area contributed by atoms with Crippen molar-refractivity contribution in [2.45, 2.75) is 0 Å². The summed E-state index contributed by atoms with van der Waals surface area (Å²) in [5.41, 5.74) is 1.02. The molecule has 35 heavy (non-hydrogen) atoms. The minimum atomic E-state index is -0.211. The van der Waals surface area contributed by atoms with Gasteiger partial charge in [0.25, 0.3) is 11.5 Å².